The molecule has 4 heteroatoms. The van der Waals surface area contributed by atoms with Crippen molar-refractivity contribution >= 4 is 11.8 Å². The topological polar surface area (TPSA) is 38.0 Å². The van der Waals surface area contributed by atoms with Crippen molar-refractivity contribution in [2.24, 2.45) is 7.05 Å². The Labute approximate surface area is 88.5 Å². The quantitative estimate of drug-likeness (QED) is 0.818. The van der Waals surface area contributed by atoms with Crippen molar-refractivity contribution in [3.63, 3.8) is 0 Å². The molecule has 78 valence electrons. The van der Waals surface area contributed by atoms with Gasteiger partial charge < -0.3 is 5.11 Å². The molecule has 2 atom stereocenters. The lowest BCUT2D eigenvalue weighted by molar-refractivity contribution is 0.169. The Morgan fingerprint density at radius 3 is 3.21 bits per heavy atom. The molecule has 3 nitrogen and oxygen atoms in total. The van der Waals surface area contributed by atoms with Crippen molar-refractivity contribution in [1.82, 2.24) is 9.78 Å². The van der Waals surface area contributed by atoms with Crippen molar-refractivity contribution in [3.05, 3.63) is 18.0 Å². The molecule has 0 aromatic carbocycles. The third-order valence-corrected chi connectivity index (χ3v) is 4.08. The molecule has 0 amide bonds. The Morgan fingerprint density at radius 1 is 1.79 bits per heavy atom. The van der Waals surface area contributed by atoms with Crippen LogP contribution in [0.2, 0.25) is 0 Å². The summed E-state index contributed by atoms with van der Waals surface area (Å²) in [6.07, 6.45) is 4.78. The fourth-order valence-electron chi connectivity index (χ4n) is 1.82. The molecule has 0 bridgehead atoms. The van der Waals surface area contributed by atoms with Crippen LogP contribution in [0.4, 0.5) is 0 Å². The van der Waals surface area contributed by atoms with Crippen LogP contribution >= 0.6 is 11.8 Å². The fourth-order valence-corrected chi connectivity index (χ4v) is 3.11. The first-order valence-corrected chi connectivity index (χ1v) is 6.09. The van der Waals surface area contributed by atoms with Gasteiger partial charge in [-0.05, 0) is 24.7 Å². The van der Waals surface area contributed by atoms with Crippen LogP contribution in [0, 0.1) is 0 Å². The van der Waals surface area contributed by atoms with Crippen LogP contribution in [-0.4, -0.2) is 32.0 Å². The molecule has 1 saturated heterocycles. The van der Waals surface area contributed by atoms with Crippen molar-refractivity contribution < 1.29 is 5.11 Å². The summed E-state index contributed by atoms with van der Waals surface area (Å²) in [6.45, 7) is 0. The SMILES string of the molecule is Cn1ccc(CC(O)C2CCCS2)n1. The summed E-state index contributed by atoms with van der Waals surface area (Å²) in [4.78, 5) is 0. The molecule has 0 saturated carbocycles. The fraction of sp³-hybridized carbons (Fsp3) is 0.700. The second-order valence-electron chi connectivity index (χ2n) is 3.80. The molecule has 2 unspecified atom stereocenters. The minimum Gasteiger partial charge on any atom is -0.392 e. The summed E-state index contributed by atoms with van der Waals surface area (Å²) in [7, 11) is 1.90. The summed E-state index contributed by atoms with van der Waals surface area (Å²) >= 11 is 1.89. The van der Waals surface area contributed by atoms with Crippen molar-refractivity contribution in [2.45, 2.75) is 30.6 Å². The Hall–Kier alpha value is -0.480. The lowest BCUT2D eigenvalue weighted by Crippen LogP contribution is -2.23. The third-order valence-electron chi connectivity index (χ3n) is 2.58. The number of aromatic nitrogens is 2. The predicted octanol–water partition coefficient (Wildman–Crippen LogP) is 1.22. The van der Waals surface area contributed by atoms with E-state index in [0.717, 1.165) is 12.1 Å². The van der Waals surface area contributed by atoms with Gasteiger partial charge in [-0.25, -0.2) is 0 Å². The number of hydrogen-bond donors (Lipinski definition) is 1. The minimum atomic E-state index is -0.225. The first-order valence-electron chi connectivity index (χ1n) is 5.04. The maximum Gasteiger partial charge on any atom is 0.0714 e. The molecule has 1 aromatic heterocycles. The van der Waals surface area contributed by atoms with Gasteiger partial charge in [-0.15, -0.1) is 0 Å². The van der Waals surface area contributed by atoms with Gasteiger partial charge in [-0.2, -0.15) is 16.9 Å². The number of aliphatic hydroxyl groups is 1. The largest absolute Gasteiger partial charge is 0.392 e. The van der Waals surface area contributed by atoms with Crippen LogP contribution in [-0.2, 0) is 13.5 Å². The number of nitrogens with zero attached hydrogens (tertiary/aromatic N) is 2. The smallest absolute Gasteiger partial charge is 0.0714 e. The molecule has 1 aromatic rings. The van der Waals surface area contributed by atoms with E-state index in [-0.39, 0.29) is 6.10 Å². The number of rotatable bonds is 3. The molecule has 14 heavy (non-hydrogen) atoms. The molecule has 2 rings (SSSR count). The summed E-state index contributed by atoms with van der Waals surface area (Å²) in [5.41, 5.74) is 0.993. The van der Waals surface area contributed by atoms with E-state index in [0.29, 0.717) is 11.7 Å². The second-order valence-corrected chi connectivity index (χ2v) is 5.15. The average molecular weight is 212 g/mol. The van der Waals surface area contributed by atoms with E-state index in [1.54, 1.807) is 4.68 Å². The average Bonchev–Trinajstić information content (AvgIpc) is 2.75. The molecule has 1 fully saturated rings. The van der Waals surface area contributed by atoms with Crippen LogP contribution in [0.15, 0.2) is 12.3 Å². The Kier molecular flexibility index (Phi) is 3.13. The maximum atomic E-state index is 9.94. The van der Waals surface area contributed by atoms with Gasteiger partial charge in [0.25, 0.3) is 0 Å². The lowest BCUT2D eigenvalue weighted by atomic mass is 10.1. The highest BCUT2D eigenvalue weighted by molar-refractivity contribution is 8.00. The standard InChI is InChI=1S/C10H16N2OS/c1-12-5-4-8(11-12)7-9(13)10-3-2-6-14-10/h4-5,9-10,13H,2-3,6-7H2,1H3. The van der Waals surface area contributed by atoms with Gasteiger partial charge in [0.1, 0.15) is 0 Å². The molecule has 0 aliphatic carbocycles. The highest BCUT2D eigenvalue weighted by atomic mass is 32.2. The van der Waals surface area contributed by atoms with Crippen LogP contribution in [0.5, 0.6) is 0 Å². The normalized spacial score (nSPS) is 24.0. The molecule has 1 aliphatic heterocycles. The predicted molar refractivity (Wildman–Crippen MR) is 58.4 cm³/mol. The highest BCUT2D eigenvalue weighted by Crippen LogP contribution is 2.29. The zero-order chi connectivity index (χ0) is 9.97. The Bertz CT molecular complexity index is 294. The zero-order valence-corrected chi connectivity index (χ0v) is 9.20. The maximum absolute atomic E-state index is 9.94. The Balaban J connectivity index is 1.90. The molecule has 1 N–H and O–H groups in total. The summed E-state index contributed by atoms with van der Waals surface area (Å²) < 4.78 is 1.78. The van der Waals surface area contributed by atoms with E-state index in [2.05, 4.69) is 5.10 Å². The van der Waals surface area contributed by atoms with E-state index < -0.39 is 0 Å². The van der Waals surface area contributed by atoms with Crippen LogP contribution < -0.4 is 0 Å². The van der Waals surface area contributed by atoms with Crippen LogP contribution in [0.25, 0.3) is 0 Å². The molecule has 2 heterocycles. The van der Waals surface area contributed by atoms with Crippen molar-refractivity contribution in [2.75, 3.05) is 5.75 Å². The van der Waals surface area contributed by atoms with E-state index in [1.807, 2.05) is 31.1 Å². The van der Waals surface area contributed by atoms with Crippen LogP contribution in [0.3, 0.4) is 0 Å². The van der Waals surface area contributed by atoms with Gasteiger partial charge in [-0.1, -0.05) is 0 Å². The van der Waals surface area contributed by atoms with Gasteiger partial charge >= 0.3 is 0 Å². The first kappa shape index (κ1) is 10.1. The second kappa shape index (κ2) is 4.36. The summed E-state index contributed by atoms with van der Waals surface area (Å²) in [5.74, 6) is 1.20. The first-order chi connectivity index (χ1) is 6.75. The number of thioether (sulfide) groups is 1. The van der Waals surface area contributed by atoms with Gasteiger partial charge in [0.05, 0.1) is 11.8 Å². The molecular formula is C10H16N2OS. The molecule has 1 aliphatic rings. The Morgan fingerprint density at radius 2 is 2.64 bits per heavy atom. The number of hydrogen-bond acceptors (Lipinski definition) is 3. The van der Waals surface area contributed by atoms with E-state index in [1.165, 1.54) is 12.2 Å². The highest BCUT2D eigenvalue weighted by Gasteiger charge is 2.24. The van der Waals surface area contributed by atoms with E-state index in [9.17, 15) is 5.11 Å². The van der Waals surface area contributed by atoms with Gasteiger partial charge in [0.2, 0.25) is 0 Å². The van der Waals surface area contributed by atoms with Crippen molar-refractivity contribution in [3.8, 4) is 0 Å². The van der Waals surface area contributed by atoms with Crippen LogP contribution in [0.1, 0.15) is 18.5 Å². The van der Waals surface area contributed by atoms with E-state index >= 15 is 0 Å². The monoisotopic (exact) mass is 212 g/mol. The number of aliphatic hydroxyl groups excluding tert-OH is 1. The number of aryl methyl sites for hydroxylation is 1. The lowest BCUT2D eigenvalue weighted by Gasteiger charge is -2.15. The van der Waals surface area contributed by atoms with Gasteiger partial charge in [0.15, 0.2) is 0 Å². The molecule has 0 radical (unpaired) electrons. The van der Waals surface area contributed by atoms with E-state index in [4.69, 9.17) is 0 Å². The zero-order valence-electron chi connectivity index (χ0n) is 8.39. The molecular weight excluding hydrogens is 196 g/mol. The van der Waals surface area contributed by atoms with Gasteiger partial charge in [0, 0.05) is 24.9 Å². The summed E-state index contributed by atoms with van der Waals surface area (Å²) in [6, 6.07) is 1.98. The van der Waals surface area contributed by atoms with Crippen molar-refractivity contribution in [1.29, 1.82) is 0 Å². The minimum absolute atomic E-state index is 0.225. The third kappa shape index (κ3) is 2.30. The molecule has 0 spiro atoms. The summed E-state index contributed by atoms with van der Waals surface area (Å²) in [5, 5.41) is 14.6. The van der Waals surface area contributed by atoms with Gasteiger partial charge in [-0.3, -0.25) is 4.68 Å².